The lowest BCUT2D eigenvalue weighted by Gasteiger charge is -2.23. The van der Waals surface area contributed by atoms with E-state index >= 15 is 0 Å². The number of halogens is 2. The summed E-state index contributed by atoms with van der Waals surface area (Å²) in [4.78, 5) is 16.9. The first-order valence-electron chi connectivity index (χ1n) is 11.5. The van der Waals surface area contributed by atoms with Crippen LogP contribution in [0.1, 0.15) is 30.0 Å². The second kappa shape index (κ2) is 9.88. The Labute approximate surface area is 218 Å². The summed E-state index contributed by atoms with van der Waals surface area (Å²) in [5.41, 5.74) is 3.81. The zero-order chi connectivity index (χ0) is 25.4. The van der Waals surface area contributed by atoms with Crippen LogP contribution in [0.3, 0.4) is 0 Å². The molecule has 0 spiro atoms. The summed E-state index contributed by atoms with van der Waals surface area (Å²) in [6, 6.07) is 20.2. The molecule has 0 fully saturated rings. The van der Waals surface area contributed by atoms with Crippen LogP contribution in [0.25, 0.3) is 22.1 Å². The maximum absolute atomic E-state index is 11.2. The van der Waals surface area contributed by atoms with Gasteiger partial charge in [-0.25, -0.2) is 4.79 Å². The van der Waals surface area contributed by atoms with Gasteiger partial charge in [0.05, 0.1) is 16.0 Å². The number of furan rings is 1. The molecule has 2 unspecified atom stereocenters. The minimum atomic E-state index is -1.09. The molecular weight excluding hydrogens is 501 g/mol. The average molecular weight is 524 g/mol. The Balaban J connectivity index is 1.34. The summed E-state index contributed by atoms with van der Waals surface area (Å²) in [6.07, 6.45) is -0.163. The van der Waals surface area contributed by atoms with Gasteiger partial charge in [-0.2, -0.15) is 0 Å². The first-order valence-corrected chi connectivity index (χ1v) is 12.3. The number of hydrogen-bond acceptors (Lipinski definition) is 5. The fourth-order valence-corrected chi connectivity index (χ4v) is 5.00. The van der Waals surface area contributed by atoms with E-state index in [9.17, 15) is 4.79 Å². The van der Waals surface area contributed by atoms with Crippen LogP contribution in [0.15, 0.2) is 76.3 Å². The predicted octanol–water partition coefficient (Wildman–Crippen LogP) is 7.56. The molecule has 3 aromatic carbocycles. The maximum atomic E-state index is 11.2. The van der Waals surface area contributed by atoms with Crippen molar-refractivity contribution in [3.8, 4) is 16.9 Å². The number of carboxylic acids is 1. The zero-order valence-corrected chi connectivity index (χ0v) is 21.1. The first-order chi connectivity index (χ1) is 17.3. The van der Waals surface area contributed by atoms with E-state index < -0.39 is 5.97 Å². The van der Waals surface area contributed by atoms with Crippen molar-refractivity contribution in [2.24, 2.45) is 17.0 Å². The molecule has 1 aliphatic heterocycles. The molecule has 6 nitrogen and oxygen atoms in total. The van der Waals surface area contributed by atoms with Crippen molar-refractivity contribution in [2.75, 3.05) is 6.61 Å². The van der Waals surface area contributed by atoms with Gasteiger partial charge in [0.2, 0.25) is 5.76 Å². The van der Waals surface area contributed by atoms with Crippen molar-refractivity contribution in [3.05, 3.63) is 88.1 Å². The van der Waals surface area contributed by atoms with E-state index in [0.29, 0.717) is 39.3 Å². The van der Waals surface area contributed by atoms with Crippen LogP contribution in [-0.2, 0) is 4.84 Å². The van der Waals surface area contributed by atoms with Gasteiger partial charge in [-0.3, -0.25) is 0 Å². The van der Waals surface area contributed by atoms with Gasteiger partial charge in [0.15, 0.2) is 0 Å². The van der Waals surface area contributed by atoms with Gasteiger partial charge in [-0.05, 0) is 59.5 Å². The molecule has 1 aromatic heterocycles. The number of ether oxygens (including phenoxy) is 1. The van der Waals surface area contributed by atoms with E-state index in [4.69, 9.17) is 42.3 Å². The highest BCUT2D eigenvalue weighted by molar-refractivity contribution is 6.40. The Morgan fingerprint density at radius 1 is 1.03 bits per heavy atom. The lowest BCUT2D eigenvalue weighted by atomic mass is 9.87. The summed E-state index contributed by atoms with van der Waals surface area (Å²) in [7, 11) is 0. The van der Waals surface area contributed by atoms with E-state index in [0.717, 1.165) is 16.5 Å². The molecule has 0 bridgehead atoms. The lowest BCUT2D eigenvalue weighted by molar-refractivity contribution is 0.0178. The van der Waals surface area contributed by atoms with Gasteiger partial charge in [0, 0.05) is 10.9 Å². The summed E-state index contributed by atoms with van der Waals surface area (Å²) in [6.45, 7) is 4.51. The van der Waals surface area contributed by atoms with Gasteiger partial charge >= 0.3 is 5.97 Å². The molecule has 1 aliphatic rings. The fraction of sp³-hybridized carbons (Fsp3) is 0.214. The molecule has 1 N–H and O–H groups in total. The van der Waals surface area contributed by atoms with Crippen molar-refractivity contribution >= 4 is 45.9 Å². The Hall–Kier alpha value is -3.48. The Morgan fingerprint density at radius 2 is 1.72 bits per heavy atom. The summed E-state index contributed by atoms with van der Waals surface area (Å²) >= 11 is 12.9. The van der Waals surface area contributed by atoms with Crippen LogP contribution in [0, 0.1) is 11.8 Å². The van der Waals surface area contributed by atoms with Gasteiger partial charge in [0.1, 0.15) is 29.8 Å². The van der Waals surface area contributed by atoms with Crippen molar-refractivity contribution < 1.29 is 23.9 Å². The van der Waals surface area contributed by atoms with Crippen LogP contribution in [-0.4, -0.2) is 29.5 Å². The lowest BCUT2D eigenvalue weighted by Crippen LogP contribution is -2.33. The number of aromatic carboxylic acids is 1. The largest absolute Gasteiger partial charge is 0.493 e. The van der Waals surface area contributed by atoms with Crippen LogP contribution in [0.5, 0.6) is 5.75 Å². The highest BCUT2D eigenvalue weighted by Gasteiger charge is 2.39. The van der Waals surface area contributed by atoms with Crippen molar-refractivity contribution in [1.82, 2.24) is 0 Å². The van der Waals surface area contributed by atoms with Crippen molar-refractivity contribution in [3.63, 3.8) is 0 Å². The topological polar surface area (TPSA) is 81.3 Å². The maximum Gasteiger partial charge on any atom is 0.371 e. The molecule has 4 aromatic rings. The number of carbonyl (C=O) groups is 1. The van der Waals surface area contributed by atoms with Gasteiger partial charge in [-0.15, -0.1) is 0 Å². The third-order valence-electron chi connectivity index (χ3n) is 6.24. The molecule has 0 amide bonds. The highest BCUT2D eigenvalue weighted by atomic mass is 35.5. The molecule has 5 rings (SSSR count). The predicted molar refractivity (Wildman–Crippen MR) is 140 cm³/mol. The molecule has 2 atom stereocenters. The summed E-state index contributed by atoms with van der Waals surface area (Å²) in [5.74, 6) is -0.401. The number of carboxylic acid groups (broad SMARTS) is 1. The standard InChI is InChI=1S/C28H23Cl2NO5/c1-15(2)27-20(26(31-36-27)25-21(29)4-3-5-22(25)30)14-34-19-9-6-16(7-10-19)17-8-11-23-18(12-17)13-24(35-23)28(32)33/h3-13,15,20,27H,14H2,1-2H3,(H,32,33). The summed E-state index contributed by atoms with van der Waals surface area (Å²) in [5, 5.41) is 15.3. The minimum Gasteiger partial charge on any atom is -0.493 e. The van der Waals surface area contributed by atoms with Crippen LogP contribution in [0.4, 0.5) is 0 Å². The van der Waals surface area contributed by atoms with Crippen LogP contribution in [0.2, 0.25) is 10.0 Å². The van der Waals surface area contributed by atoms with Crippen molar-refractivity contribution in [2.45, 2.75) is 20.0 Å². The Kier molecular flexibility index (Phi) is 6.65. The smallest absolute Gasteiger partial charge is 0.371 e. The second-order valence-corrected chi connectivity index (χ2v) is 9.81. The molecule has 0 saturated heterocycles. The normalized spacial score (nSPS) is 17.3. The monoisotopic (exact) mass is 523 g/mol. The SMILES string of the molecule is CC(C)C1ON=C(c2c(Cl)cccc2Cl)C1COc1ccc(-c2ccc3oc(C(=O)O)cc3c2)cc1. The Bertz CT molecular complexity index is 1440. The minimum absolute atomic E-state index is 0.0810. The Morgan fingerprint density at radius 3 is 2.39 bits per heavy atom. The highest BCUT2D eigenvalue weighted by Crippen LogP contribution is 2.35. The van der Waals surface area contributed by atoms with Crippen LogP contribution >= 0.6 is 23.2 Å². The molecule has 8 heteroatoms. The molecular formula is C28H23Cl2NO5. The molecule has 2 heterocycles. The molecule has 0 saturated carbocycles. The number of benzene rings is 3. The molecule has 0 radical (unpaired) electrons. The fourth-order valence-electron chi connectivity index (χ4n) is 4.41. The quantitative estimate of drug-likeness (QED) is 0.270. The number of hydrogen-bond donors (Lipinski definition) is 1. The number of rotatable bonds is 7. The average Bonchev–Trinajstić information content (AvgIpc) is 3.47. The number of fused-ring (bicyclic) bond motifs is 1. The molecule has 0 aliphatic carbocycles. The number of nitrogens with zero attached hydrogens (tertiary/aromatic N) is 1. The number of oxime groups is 1. The third-order valence-corrected chi connectivity index (χ3v) is 6.87. The molecule has 184 valence electrons. The van der Waals surface area contributed by atoms with Gasteiger partial charge < -0.3 is 19.1 Å². The van der Waals surface area contributed by atoms with Gasteiger partial charge in [-0.1, -0.05) is 66.5 Å². The molecule has 36 heavy (non-hydrogen) atoms. The van der Waals surface area contributed by atoms with E-state index in [1.807, 2.05) is 36.4 Å². The van der Waals surface area contributed by atoms with E-state index in [-0.39, 0.29) is 23.7 Å². The second-order valence-electron chi connectivity index (χ2n) is 9.00. The van der Waals surface area contributed by atoms with Gasteiger partial charge in [0.25, 0.3) is 0 Å². The summed E-state index contributed by atoms with van der Waals surface area (Å²) < 4.78 is 11.5. The van der Waals surface area contributed by atoms with E-state index in [1.165, 1.54) is 6.07 Å². The van der Waals surface area contributed by atoms with E-state index in [1.54, 1.807) is 24.3 Å². The van der Waals surface area contributed by atoms with Crippen LogP contribution < -0.4 is 4.74 Å². The van der Waals surface area contributed by atoms with E-state index in [2.05, 4.69) is 19.0 Å². The first kappa shape index (κ1) is 24.2. The van der Waals surface area contributed by atoms with Crippen molar-refractivity contribution in [1.29, 1.82) is 0 Å². The third kappa shape index (κ3) is 4.66. The zero-order valence-electron chi connectivity index (χ0n) is 19.6.